The van der Waals surface area contributed by atoms with Gasteiger partial charge in [-0.3, -0.25) is 0 Å². The predicted octanol–water partition coefficient (Wildman–Crippen LogP) is 2.08. The van der Waals surface area contributed by atoms with Gasteiger partial charge in [0.15, 0.2) is 0 Å². The van der Waals surface area contributed by atoms with Crippen LogP contribution in [0.2, 0.25) is 0 Å². The molecule has 0 spiro atoms. The Morgan fingerprint density at radius 1 is 1.33 bits per heavy atom. The van der Waals surface area contributed by atoms with Gasteiger partial charge in [-0.1, -0.05) is 13.0 Å². The zero-order valence-electron chi connectivity index (χ0n) is 11.5. The molecule has 0 atom stereocenters. The number of benzene rings is 1. The molecule has 1 fully saturated rings. The topological polar surface area (TPSA) is 49.4 Å². The van der Waals surface area contributed by atoms with E-state index in [0.29, 0.717) is 32.1 Å². The van der Waals surface area contributed by atoms with Gasteiger partial charge in [-0.05, 0) is 24.6 Å². The number of alkyl halides is 3. The lowest BCUT2D eigenvalue weighted by atomic mass is 10.2. The van der Waals surface area contributed by atoms with Crippen molar-refractivity contribution >= 4 is 10.0 Å². The molecule has 0 amide bonds. The average Bonchev–Trinajstić information content (AvgIpc) is 2.35. The van der Waals surface area contributed by atoms with Crippen LogP contribution in [0.1, 0.15) is 18.9 Å². The van der Waals surface area contributed by atoms with E-state index in [9.17, 15) is 21.6 Å². The molecule has 118 valence electrons. The molecule has 1 aromatic carbocycles. The van der Waals surface area contributed by atoms with Gasteiger partial charge in [-0.15, -0.1) is 0 Å². The minimum atomic E-state index is -4.56. The number of hydrogen-bond donors (Lipinski definition) is 1. The van der Waals surface area contributed by atoms with Crippen LogP contribution in [0.25, 0.3) is 0 Å². The Kier molecular flexibility index (Phi) is 4.60. The van der Waals surface area contributed by atoms with Crippen LogP contribution in [-0.2, 0) is 16.2 Å². The van der Waals surface area contributed by atoms with Crippen molar-refractivity contribution in [2.45, 2.75) is 30.5 Å². The van der Waals surface area contributed by atoms with Gasteiger partial charge < -0.3 is 5.32 Å². The molecule has 1 N–H and O–H groups in total. The van der Waals surface area contributed by atoms with Crippen molar-refractivity contribution < 1.29 is 21.6 Å². The number of hydrogen-bond acceptors (Lipinski definition) is 3. The highest BCUT2D eigenvalue weighted by Crippen LogP contribution is 2.31. The fourth-order valence-corrected chi connectivity index (χ4v) is 3.93. The summed E-state index contributed by atoms with van der Waals surface area (Å²) in [6.45, 7) is 3.18. The molecule has 21 heavy (non-hydrogen) atoms. The van der Waals surface area contributed by atoms with Crippen LogP contribution in [0, 0.1) is 0 Å². The summed E-state index contributed by atoms with van der Waals surface area (Å²) in [5.41, 5.74) is -0.952. The van der Waals surface area contributed by atoms with Gasteiger partial charge in [0, 0.05) is 19.6 Å². The van der Waals surface area contributed by atoms with Crippen molar-refractivity contribution in [3.05, 3.63) is 29.8 Å². The number of halogens is 3. The standard InChI is InChI=1S/C13H17F3N2O2S/c1-2-6-18(11-8-17-9-11)21(19,20)12-5-3-4-10(7-12)13(14,15)16/h3-5,7,11,17H,2,6,8-9H2,1H3. The Balaban J connectivity index is 2.37. The highest BCUT2D eigenvalue weighted by molar-refractivity contribution is 7.89. The summed E-state index contributed by atoms with van der Waals surface area (Å²) < 4.78 is 64.6. The molecule has 0 aliphatic carbocycles. The highest BCUT2D eigenvalue weighted by Gasteiger charge is 2.36. The third-order valence-electron chi connectivity index (χ3n) is 3.38. The zero-order chi connectivity index (χ0) is 15.7. The van der Waals surface area contributed by atoms with Crippen LogP contribution < -0.4 is 5.32 Å². The molecule has 4 nitrogen and oxygen atoms in total. The maximum atomic E-state index is 12.7. The molecule has 0 bridgehead atoms. The van der Waals surface area contributed by atoms with Crippen molar-refractivity contribution in [1.29, 1.82) is 0 Å². The third kappa shape index (κ3) is 3.38. The SMILES string of the molecule is CCCN(C1CNC1)S(=O)(=O)c1cccc(C(F)(F)F)c1. The fraction of sp³-hybridized carbons (Fsp3) is 0.538. The summed E-state index contributed by atoms with van der Waals surface area (Å²) in [6.07, 6.45) is -3.95. The summed E-state index contributed by atoms with van der Waals surface area (Å²) in [5, 5.41) is 2.97. The van der Waals surface area contributed by atoms with Crippen LogP contribution >= 0.6 is 0 Å². The Hall–Kier alpha value is -1.12. The fourth-order valence-electron chi connectivity index (χ4n) is 2.16. The maximum Gasteiger partial charge on any atom is 0.416 e. The van der Waals surface area contributed by atoms with E-state index in [1.807, 2.05) is 6.92 Å². The van der Waals surface area contributed by atoms with E-state index in [-0.39, 0.29) is 10.9 Å². The molecule has 1 saturated heterocycles. The Labute approximate surface area is 122 Å². The van der Waals surface area contributed by atoms with Gasteiger partial charge in [0.1, 0.15) is 0 Å². The van der Waals surface area contributed by atoms with E-state index in [1.54, 1.807) is 0 Å². The number of nitrogens with one attached hydrogen (secondary N) is 1. The van der Waals surface area contributed by atoms with E-state index in [2.05, 4.69) is 5.32 Å². The first kappa shape index (κ1) is 16.3. The largest absolute Gasteiger partial charge is 0.416 e. The van der Waals surface area contributed by atoms with Crippen molar-refractivity contribution in [2.75, 3.05) is 19.6 Å². The molecule has 0 radical (unpaired) electrons. The van der Waals surface area contributed by atoms with Crippen LogP contribution in [0.3, 0.4) is 0 Å². The van der Waals surface area contributed by atoms with Crippen LogP contribution in [0.5, 0.6) is 0 Å². The summed E-state index contributed by atoms with van der Waals surface area (Å²) >= 11 is 0. The maximum absolute atomic E-state index is 12.7. The lowest BCUT2D eigenvalue weighted by Gasteiger charge is -2.37. The van der Waals surface area contributed by atoms with E-state index < -0.39 is 21.8 Å². The molecular formula is C13H17F3N2O2S. The van der Waals surface area contributed by atoms with Gasteiger partial charge in [0.05, 0.1) is 16.5 Å². The number of rotatable bonds is 5. The minimum absolute atomic E-state index is 0.190. The lowest BCUT2D eigenvalue weighted by molar-refractivity contribution is -0.137. The van der Waals surface area contributed by atoms with Crippen LogP contribution in [0.4, 0.5) is 13.2 Å². The summed E-state index contributed by atoms with van der Waals surface area (Å²) in [6, 6.07) is 3.71. The molecule has 2 rings (SSSR count). The first-order valence-electron chi connectivity index (χ1n) is 6.66. The molecule has 1 aliphatic heterocycles. The quantitative estimate of drug-likeness (QED) is 0.903. The molecule has 1 heterocycles. The first-order valence-corrected chi connectivity index (χ1v) is 8.10. The first-order chi connectivity index (χ1) is 9.76. The van der Waals surface area contributed by atoms with E-state index in [0.717, 1.165) is 12.1 Å². The van der Waals surface area contributed by atoms with E-state index in [1.165, 1.54) is 10.4 Å². The van der Waals surface area contributed by atoms with Crippen LogP contribution in [0.15, 0.2) is 29.2 Å². The average molecular weight is 322 g/mol. The lowest BCUT2D eigenvalue weighted by Crippen LogP contribution is -2.58. The number of nitrogens with zero attached hydrogens (tertiary/aromatic N) is 1. The Morgan fingerprint density at radius 2 is 2.00 bits per heavy atom. The summed E-state index contributed by atoms with van der Waals surface area (Å²) in [4.78, 5) is -0.308. The smallest absolute Gasteiger partial charge is 0.313 e. The molecule has 1 aliphatic rings. The van der Waals surface area contributed by atoms with Crippen molar-refractivity contribution in [3.8, 4) is 0 Å². The minimum Gasteiger partial charge on any atom is -0.313 e. The highest BCUT2D eigenvalue weighted by atomic mass is 32.2. The van der Waals surface area contributed by atoms with Crippen molar-refractivity contribution in [2.24, 2.45) is 0 Å². The second-order valence-corrected chi connectivity index (χ2v) is 6.84. The monoisotopic (exact) mass is 322 g/mol. The second-order valence-electron chi connectivity index (χ2n) is 4.95. The van der Waals surface area contributed by atoms with Crippen LogP contribution in [-0.4, -0.2) is 38.4 Å². The van der Waals surface area contributed by atoms with Crippen molar-refractivity contribution in [1.82, 2.24) is 9.62 Å². The molecule has 0 saturated carbocycles. The number of sulfonamides is 1. The molecule has 0 aromatic heterocycles. The second kappa shape index (κ2) is 5.94. The van der Waals surface area contributed by atoms with Gasteiger partial charge in [-0.2, -0.15) is 17.5 Å². The Bertz CT molecular complexity index is 598. The van der Waals surface area contributed by atoms with E-state index in [4.69, 9.17) is 0 Å². The Morgan fingerprint density at radius 3 is 2.48 bits per heavy atom. The van der Waals surface area contributed by atoms with Gasteiger partial charge in [0.25, 0.3) is 0 Å². The van der Waals surface area contributed by atoms with Gasteiger partial charge in [0.2, 0.25) is 10.0 Å². The van der Waals surface area contributed by atoms with E-state index >= 15 is 0 Å². The molecule has 8 heteroatoms. The van der Waals surface area contributed by atoms with Gasteiger partial charge in [-0.25, -0.2) is 8.42 Å². The summed E-state index contributed by atoms with van der Waals surface area (Å²) in [7, 11) is -3.91. The predicted molar refractivity (Wildman–Crippen MR) is 72.3 cm³/mol. The van der Waals surface area contributed by atoms with Gasteiger partial charge >= 0.3 is 6.18 Å². The zero-order valence-corrected chi connectivity index (χ0v) is 12.3. The summed E-state index contributed by atoms with van der Waals surface area (Å²) in [5.74, 6) is 0. The normalized spacial score (nSPS) is 17.0. The molecule has 0 unspecified atom stereocenters. The molecule has 1 aromatic rings. The molecular weight excluding hydrogens is 305 g/mol. The third-order valence-corrected chi connectivity index (χ3v) is 5.33. The van der Waals surface area contributed by atoms with Crippen molar-refractivity contribution in [3.63, 3.8) is 0 Å².